The molecule has 1 unspecified atom stereocenters. The van der Waals surface area contributed by atoms with Crippen LogP contribution in [-0.2, 0) is 0 Å². The standard InChI is InChI=1S/C11H23N/c1-6-9(2)10(12)7-8-11(3,4)5/h9,12H,6-8H2,1-5H3. The van der Waals surface area contributed by atoms with Crippen LogP contribution < -0.4 is 0 Å². The molecule has 0 bridgehead atoms. The zero-order valence-corrected chi connectivity index (χ0v) is 9.20. The topological polar surface area (TPSA) is 23.9 Å². The van der Waals surface area contributed by atoms with Crippen LogP contribution in [0.15, 0.2) is 0 Å². The van der Waals surface area contributed by atoms with Crippen molar-refractivity contribution in [1.82, 2.24) is 0 Å². The molecule has 0 radical (unpaired) electrons. The summed E-state index contributed by atoms with van der Waals surface area (Å²) in [5, 5.41) is 7.77. The summed E-state index contributed by atoms with van der Waals surface area (Å²) in [6, 6.07) is 0. The number of hydrogen-bond acceptors (Lipinski definition) is 1. The molecule has 0 aromatic rings. The largest absolute Gasteiger partial charge is 0.309 e. The summed E-state index contributed by atoms with van der Waals surface area (Å²) in [7, 11) is 0. The summed E-state index contributed by atoms with van der Waals surface area (Å²) in [5.74, 6) is 0.479. The fourth-order valence-corrected chi connectivity index (χ4v) is 1.00. The van der Waals surface area contributed by atoms with Gasteiger partial charge in [0.05, 0.1) is 0 Å². The molecule has 0 aliphatic heterocycles. The summed E-state index contributed by atoms with van der Waals surface area (Å²) in [6.07, 6.45) is 3.21. The fourth-order valence-electron chi connectivity index (χ4n) is 1.00. The Morgan fingerprint density at radius 2 is 1.83 bits per heavy atom. The second-order valence-corrected chi connectivity index (χ2v) is 4.90. The molecule has 1 heteroatoms. The van der Waals surface area contributed by atoms with E-state index in [2.05, 4.69) is 34.6 Å². The van der Waals surface area contributed by atoms with E-state index in [-0.39, 0.29) is 0 Å². The van der Waals surface area contributed by atoms with Gasteiger partial charge in [0.1, 0.15) is 0 Å². The van der Waals surface area contributed by atoms with Crippen LogP contribution in [0.1, 0.15) is 53.9 Å². The van der Waals surface area contributed by atoms with E-state index in [1.54, 1.807) is 0 Å². The lowest BCUT2D eigenvalue weighted by atomic mass is 9.87. The number of rotatable bonds is 4. The monoisotopic (exact) mass is 169 g/mol. The minimum atomic E-state index is 0.375. The van der Waals surface area contributed by atoms with Crippen LogP contribution in [0.4, 0.5) is 0 Å². The Bertz CT molecular complexity index is 142. The molecule has 0 saturated carbocycles. The lowest BCUT2D eigenvalue weighted by Crippen LogP contribution is -2.13. The maximum Gasteiger partial charge on any atom is 0.0117 e. The van der Waals surface area contributed by atoms with Crippen LogP contribution in [-0.4, -0.2) is 5.71 Å². The van der Waals surface area contributed by atoms with Crippen LogP contribution in [0.25, 0.3) is 0 Å². The van der Waals surface area contributed by atoms with Crippen molar-refractivity contribution in [3.63, 3.8) is 0 Å². The molecule has 0 rings (SSSR count). The van der Waals surface area contributed by atoms with Crippen LogP contribution in [0.5, 0.6) is 0 Å². The van der Waals surface area contributed by atoms with Gasteiger partial charge in [-0.15, -0.1) is 0 Å². The second-order valence-electron chi connectivity index (χ2n) is 4.90. The molecule has 0 saturated heterocycles. The highest BCUT2D eigenvalue weighted by Crippen LogP contribution is 2.22. The summed E-state index contributed by atoms with van der Waals surface area (Å²) >= 11 is 0. The van der Waals surface area contributed by atoms with Crippen molar-refractivity contribution >= 4 is 5.71 Å². The lowest BCUT2D eigenvalue weighted by Gasteiger charge is -2.19. The lowest BCUT2D eigenvalue weighted by molar-refractivity contribution is 0.383. The molecule has 0 aliphatic rings. The second kappa shape index (κ2) is 4.64. The molecule has 1 N–H and O–H groups in total. The third kappa shape index (κ3) is 5.34. The molecule has 0 fully saturated rings. The van der Waals surface area contributed by atoms with Gasteiger partial charge >= 0.3 is 0 Å². The summed E-state index contributed by atoms with van der Waals surface area (Å²) in [4.78, 5) is 0. The average molecular weight is 169 g/mol. The highest BCUT2D eigenvalue weighted by Gasteiger charge is 2.13. The van der Waals surface area contributed by atoms with E-state index in [0.29, 0.717) is 11.3 Å². The Hall–Kier alpha value is -0.330. The zero-order valence-electron chi connectivity index (χ0n) is 9.20. The molecule has 1 nitrogen and oxygen atoms in total. The Balaban J connectivity index is 3.72. The van der Waals surface area contributed by atoms with Gasteiger partial charge in [-0.3, -0.25) is 0 Å². The van der Waals surface area contributed by atoms with Gasteiger partial charge < -0.3 is 5.41 Å². The van der Waals surface area contributed by atoms with E-state index in [4.69, 9.17) is 5.41 Å². The summed E-state index contributed by atoms with van der Waals surface area (Å²) in [5.41, 5.74) is 1.30. The van der Waals surface area contributed by atoms with Crippen LogP contribution in [0.3, 0.4) is 0 Å². The van der Waals surface area contributed by atoms with Gasteiger partial charge in [0.2, 0.25) is 0 Å². The highest BCUT2D eigenvalue weighted by molar-refractivity contribution is 5.83. The number of nitrogens with one attached hydrogen (secondary N) is 1. The predicted octanol–water partition coefficient (Wildman–Crippen LogP) is 3.88. The molecule has 0 heterocycles. The van der Waals surface area contributed by atoms with E-state index in [1.165, 1.54) is 0 Å². The molecule has 1 atom stereocenters. The number of hydrogen-bond donors (Lipinski definition) is 1. The van der Waals surface area contributed by atoms with E-state index in [0.717, 1.165) is 25.0 Å². The van der Waals surface area contributed by atoms with Gasteiger partial charge in [-0.25, -0.2) is 0 Å². The van der Waals surface area contributed by atoms with Crippen molar-refractivity contribution in [2.75, 3.05) is 0 Å². The molecular weight excluding hydrogens is 146 g/mol. The van der Waals surface area contributed by atoms with Crippen molar-refractivity contribution in [1.29, 1.82) is 5.41 Å². The first kappa shape index (κ1) is 11.7. The molecule has 0 aromatic carbocycles. The van der Waals surface area contributed by atoms with Gasteiger partial charge in [-0.05, 0) is 30.6 Å². The van der Waals surface area contributed by atoms with Crippen LogP contribution >= 0.6 is 0 Å². The minimum absolute atomic E-state index is 0.375. The molecule has 0 aromatic heterocycles. The van der Waals surface area contributed by atoms with Crippen molar-refractivity contribution in [3.8, 4) is 0 Å². The van der Waals surface area contributed by atoms with E-state index >= 15 is 0 Å². The SMILES string of the molecule is CCC(C)C(=N)CCC(C)(C)C. The first-order valence-corrected chi connectivity index (χ1v) is 4.94. The first-order valence-electron chi connectivity index (χ1n) is 4.94. The van der Waals surface area contributed by atoms with E-state index < -0.39 is 0 Å². The molecule has 0 spiro atoms. The maximum atomic E-state index is 7.77. The summed E-state index contributed by atoms with van der Waals surface area (Å²) in [6.45, 7) is 11.0. The third-order valence-electron chi connectivity index (χ3n) is 2.35. The Kier molecular flexibility index (Phi) is 4.51. The van der Waals surface area contributed by atoms with Crippen molar-refractivity contribution < 1.29 is 0 Å². The Morgan fingerprint density at radius 3 is 2.17 bits per heavy atom. The molecule has 72 valence electrons. The normalized spacial score (nSPS) is 14.4. The van der Waals surface area contributed by atoms with Gasteiger partial charge in [-0.2, -0.15) is 0 Å². The first-order chi connectivity index (χ1) is 5.37. The van der Waals surface area contributed by atoms with Crippen molar-refractivity contribution in [2.45, 2.75) is 53.9 Å². The van der Waals surface area contributed by atoms with Gasteiger partial charge in [0, 0.05) is 5.71 Å². The third-order valence-corrected chi connectivity index (χ3v) is 2.35. The minimum Gasteiger partial charge on any atom is -0.309 e. The summed E-state index contributed by atoms with van der Waals surface area (Å²) < 4.78 is 0. The molecule has 12 heavy (non-hydrogen) atoms. The zero-order chi connectivity index (χ0) is 9.78. The van der Waals surface area contributed by atoms with Gasteiger partial charge in [0.25, 0.3) is 0 Å². The fraction of sp³-hybridized carbons (Fsp3) is 0.909. The predicted molar refractivity (Wildman–Crippen MR) is 55.9 cm³/mol. The maximum absolute atomic E-state index is 7.77. The van der Waals surface area contributed by atoms with Crippen molar-refractivity contribution in [2.24, 2.45) is 11.3 Å². The highest BCUT2D eigenvalue weighted by atomic mass is 14.4. The van der Waals surface area contributed by atoms with Crippen LogP contribution in [0, 0.1) is 16.7 Å². The van der Waals surface area contributed by atoms with Gasteiger partial charge in [0.15, 0.2) is 0 Å². The Labute approximate surface area is 77.1 Å². The molecule has 0 amide bonds. The molecule has 0 aliphatic carbocycles. The van der Waals surface area contributed by atoms with Crippen molar-refractivity contribution in [3.05, 3.63) is 0 Å². The van der Waals surface area contributed by atoms with Gasteiger partial charge in [-0.1, -0.05) is 34.6 Å². The molecular formula is C11H23N. The van der Waals surface area contributed by atoms with E-state index in [1.807, 2.05) is 0 Å². The average Bonchev–Trinajstić information content (AvgIpc) is 1.97. The smallest absolute Gasteiger partial charge is 0.0117 e. The quantitative estimate of drug-likeness (QED) is 0.618. The van der Waals surface area contributed by atoms with E-state index in [9.17, 15) is 0 Å². The Morgan fingerprint density at radius 1 is 1.33 bits per heavy atom. The van der Waals surface area contributed by atoms with Crippen LogP contribution in [0.2, 0.25) is 0 Å².